The Hall–Kier alpha value is -3.17. The number of nitrogens with zero attached hydrogens (tertiary/aromatic N) is 6. The average Bonchev–Trinajstić information content (AvgIpc) is 3.28. The molecule has 31 heavy (non-hydrogen) atoms. The predicted molar refractivity (Wildman–Crippen MR) is 123 cm³/mol. The molecular formula is C21H25ClN8O. The van der Waals surface area contributed by atoms with Gasteiger partial charge in [0.15, 0.2) is 11.5 Å². The van der Waals surface area contributed by atoms with Crippen molar-refractivity contribution in [3.8, 4) is 5.82 Å². The van der Waals surface area contributed by atoms with Crippen LogP contribution in [0.15, 0.2) is 41.5 Å². The van der Waals surface area contributed by atoms with Crippen LogP contribution in [0.2, 0.25) is 0 Å². The highest BCUT2D eigenvalue weighted by molar-refractivity contribution is 5.85. The lowest BCUT2D eigenvalue weighted by atomic mass is 10.0. The molecule has 0 amide bonds. The van der Waals surface area contributed by atoms with Gasteiger partial charge in [0.25, 0.3) is 5.56 Å². The van der Waals surface area contributed by atoms with Gasteiger partial charge < -0.3 is 10.6 Å². The van der Waals surface area contributed by atoms with Crippen molar-refractivity contribution in [2.24, 2.45) is 7.05 Å². The molecule has 0 saturated carbocycles. The predicted octanol–water partition coefficient (Wildman–Crippen LogP) is 2.71. The number of halogens is 1. The van der Waals surface area contributed by atoms with E-state index in [2.05, 4.69) is 37.8 Å². The number of anilines is 2. The Labute approximate surface area is 185 Å². The summed E-state index contributed by atoms with van der Waals surface area (Å²) < 4.78 is 5.14. The lowest BCUT2D eigenvalue weighted by molar-refractivity contribution is 0.469. The zero-order valence-electron chi connectivity index (χ0n) is 17.7. The van der Waals surface area contributed by atoms with E-state index in [1.54, 1.807) is 20.2 Å². The van der Waals surface area contributed by atoms with Crippen molar-refractivity contribution >= 4 is 35.1 Å². The molecule has 162 valence electrons. The van der Waals surface area contributed by atoms with Gasteiger partial charge in [-0.15, -0.1) is 12.4 Å². The lowest BCUT2D eigenvalue weighted by Gasteiger charge is -2.18. The van der Waals surface area contributed by atoms with Gasteiger partial charge in [-0.05, 0) is 50.1 Å². The molecule has 0 unspecified atom stereocenters. The SMILES string of the molecule is CC(C)n1c(=O)c2cnc(Nc3ccc4c(c3)CNCC4)nc2n1-c1ccn(C)n1.Cl. The minimum absolute atomic E-state index is 0. The van der Waals surface area contributed by atoms with E-state index in [9.17, 15) is 4.79 Å². The molecular weight excluding hydrogens is 416 g/mol. The largest absolute Gasteiger partial charge is 0.324 e. The summed E-state index contributed by atoms with van der Waals surface area (Å²) in [5.41, 5.74) is 3.98. The van der Waals surface area contributed by atoms with Gasteiger partial charge in [0.05, 0.1) is 0 Å². The molecule has 0 bridgehead atoms. The summed E-state index contributed by atoms with van der Waals surface area (Å²) in [4.78, 5) is 22.1. The summed E-state index contributed by atoms with van der Waals surface area (Å²) in [6.45, 7) is 5.81. The van der Waals surface area contributed by atoms with Crippen LogP contribution in [0.25, 0.3) is 16.9 Å². The average molecular weight is 441 g/mol. The van der Waals surface area contributed by atoms with E-state index < -0.39 is 0 Å². The zero-order valence-corrected chi connectivity index (χ0v) is 18.5. The third-order valence-electron chi connectivity index (χ3n) is 5.38. The molecule has 0 radical (unpaired) electrons. The van der Waals surface area contributed by atoms with Crippen molar-refractivity contribution in [3.05, 3.63) is 58.1 Å². The molecule has 9 nitrogen and oxygen atoms in total. The molecule has 1 aromatic carbocycles. The van der Waals surface area contributed by atoms with Gasteiger partial charge in [-0.3, -0.25) is 9.48 Å². The third kappa shape index (κ3) is 3.70. The first-order chi connectivity index (χ1) is 14.5. The fraction of sp³-hybridized carbons (Fsp3) is 0.333. The molecule has 5 rings (SSSR count). The Bertz CT molecular complexity index is 1300. The first-order valence-electron chi connectivity index (χ1n) is 10.1. The van der Waals surface area contributed by atoms with Crippen LogP contribution >= 0.6 is 12.4 Å². The van der Waals surface area contributed by atoms with Crippen LogP contribution < -0.4 is 16.2 Å². The fourth-order valence-electron chi connectivity index (χ4n) is 3.95. The molecule has 1 aliphatic heterocycles. The molecule has 0 spiro atoms. The maximum Gasteiger partial charge on any atom is 0.278 e. The summed E-state index contributed by atoms with van der Waals surface area (Å²) in [6, 6.07) is 8.13. The summed E-state index contributed by atoms with van der Waals surface area (Å²) in [6.07, 6.45) is 4.47. The van der Waals surface area contributed by atoms with Crippen LogP contribution in [0.5, 0.6) is 0 Å². The van der Waals surface area contributed by atoms with E-state index in [0.29, 0.717) is 22.8 Å². The number of fused-ring (bicyclic) bond motifs is 2. The molecule has 3 aromatic heterocycles. The number of hydrogen-bond acceptors (Lipinski definition) is 6. The van der Waals surface area contributed by atoms with E-state index in [1.165, 1.54) is 11.1 Å². The summed E-state index contributed by atoms with van der Waals surface area (Å²) in [7, 11) is 1.85. The fourth-order valence-corrected chi connectivity index (χ4v) is 3.95. The van der Waals surface area contributed by atoms with E-state index in [1.807, 2.05) is 39.2 Å². The van der Waals surface area contributed by atoms with E-state index >= 15 is 0 Å². The van der Waals surface area contributed by atoms with Crippen molar-refractivity contribution in [2.75, 3.05) is 11.9 Å². The van der Waals surface area contributed by atoms with Crippen molar-refractivity contribution in [1.82, 2.24) is 34.4 Å². The van der Waals surface area contributed by atoms with Crippen molar-refractivity contribution in [2.45, 2.75) is 32.9 Å². The first kappa shape index (κ1) is 21.1. The zero-order chi connectivity index (χ0) is 20.8. The van der Waals surface area contributed by atoms with E-state index in [0.717, 1.165) is 25.2 Å². The highest BCUT2D eigenvalue weighted by Gasteiger charge is 2.20. The van der Waals surface area contributed by atoms with Crippen LogP contribution in [0, 0.1) is 0 Å². The second-order valence-electron chi connectivity index (χ2n) is 7.87. The molecule has 0 aliphatic carbocycles. The van der Waals surface area contributed by atoms with Crippen molar-refractivity contribution in [1.29, 1.82) is 0 Å². The summed E-state index contributed by atoms with van der Waals surface area (Å²) >= 11 is 0. The number of aryl methyl sites for hydroxylation is 1. The maximum atomic E-state index is 13.0. The highest BCUT2D eigenvalue weighted by Crippen LogP contribution is 2.23. The monoisotopic (exact) mass is 440 g/mol. The van der Waals surface area contributed by atoms with Gasteiger partial charge in [0.1, 0.15) is 5.39 Å². The van der Waals surface area contributed by atoms with Crippen LogP contribution in [0.3, 0.4) is 0 Å². The Balaban J connectivity index is 0.00000231. The smallest absolute Gasteiger partial charge is 0.278 e. The van der Waals surface area contributed by atoms with Crippen LogP contribution in [-0.4, -0.2) is 35.7 Å². The number of nitrogens with one attached hydrogen (secondary N) is 2. The first-order valence-corrected chi connectivity index (χ1v) is 10.1. The van der Waals surface area contributed by atoms with Gasteiger partial charge in [0.2, 0.25) is 5.95 Å². The number of rotatable bonds is 4. The molecule has 0 saturated heterocycles. The van der Waals surface area contributed by atoms with E-state index in [4.69, 9.17) is 0 Å². The lowest BCUT2D eigenvalue weighted by Crippen LogP contribution is -2.24. The van der Waals surface area contributed by atoms with Crippen molar-refractivity contribution < 1.29 is 0 Å². The normalized spacial score (nSPS) is 13.3. The molecule has 1 aliphatic rings. The second-order valence-corrected chi connectivity index (χ2v) is 7.87. The third-order valence-corrected chi connectivity index (χ3v) is 5.38. The number of aromatic nitrogens is 6. The topological polar surface area (TPSA) is 94.6 Å². The van der Waals surface area contributed by atoms with Crippen LogP contribution in [-0.2, 0) is 20.0 Å². The minimum atomic E-state index is -0.128. The Morgan fingerprint density at radius 1 is 1.19 bits per heavy atom. The van der Waals surface area contributed by atoms with Gasteiger partial charge in [-0.2, -0.15) is 10.1 Å². The quantitative estimate of drug-likeness (QED) is 0.506. The highest BCUT2D eigenvalue weighted by atomic mass is 35.5. The summed E-state index contributed by atoms with van der Waals surface area (Å²) in [5, 5.41) is 11.6. The van der Waals surface area contributed by atoms with Gasteiger partial charge in [0, 0.05) is 43.8 Å². The standard InChI is InChI=1S/C21H24N8O.ClH/c1-13(2)28-20(30)17-12-23-21(25-19(17)29(28)18-7-9-27(3)26-18)24-16-5-4-14-6-8-22-11-15(14)10-16;/h4-5,7,9-10,12-13,22H,6,8,11H2,1-3H3,(H,23,24,25);1H. The molecule has 2 N–H and O–H groups in total. The molecule has 0 atom stereocenters. The van der Waals surface area contributed by atoms with Gasteiger partial charge >= 0.3 is 0 Å². The van der Waals surface area contributed by atoms with Crippen LogP contribution in [0.4, 0.5) is 11.6 Å². The minimum Gasteiger partial charge on any atom is -0.324 e. The van der Waals surface area contributed by atoms with Crippen molar-refractivity contribution in [3.63, 3.8) is 0 Å². The molecule has 0 fully saturated rings. The Morgan fingerprint density at radius 3 is 2.77 bits per heavy atom. The number of hydrogen-bond donors (Lipinski definition) is 2. The molecule has 10 heteroatoms. The maximum absolute atomic E-state index is 13.0. The van der Waals surface area contributed by atoms with Gasteiger partial charge in [-0.25, -0.2) is 14.3 Å². The Morgan fingerprint density at radius 2 is 2.03 bits per heavy atom. The Kier molecular flexibility index (Phi) is 5.55. The van der Waals surface area contributed by atoms with Crippen LogP contribution in [0.1, 0.15) is 31.0 Å². The molecule has 4 heterocycles. The summed E-state index contributed by atoms with van der Waals surface area (Å²) in [5.74, 6) is 1.08. The second kappa shape index (κ2) is 8.16. The van der Waals surface area contributed by atoms with E-state index in [-0.39, 0.29) is 24.0 Å². The van der Waals surface area contributed by atoms with Gasteiger partial charge in [-0.1, -0.05) is 6.07 Å². The number of benzene rings is 1. The molecule has 4 aromatic rings.